The molecule has 3 heterocycles. The van der Waals surface area contributed by atoms with E-state index >= 15 is 0 Å². The number of benzene rings is 1. The minimum atomic E-state index is -0.0426. The molecule has 0 saturated heterocycles. The molecule has 4 nitrogen and oxygen atoms in total. The molecule has 0 atom stereocenters. The molecule has 0 fully saturated rings. The maximum Gasteiger partial charge on any atom is 0.233 e. The molecule has 0 aliphatic rings. The van der Waals surface area contributed by atoms with Gasteiger partial charge in [0, 0.05) is 27.7 Å². The van der Waals surface area contributed by atoms with Crippen LogP contribution in [0.4, 0.5) is 0 Å². The van der Waals surface area contributed by atoms with Crippen LogP contribution in [0.1, 0.15) is 0 Å². The van der Waals surface area contributed by atoms with Crippen molar-refractivity contribution in [2.24, 2.45) is 0 Å². The fourth-order valence-electron chi connectivity index (χ4n) is 2.38. The van der Waals surface area contributed by atoms with Crippen molar-refractivity contribution in [3.63, 3.8) is 0 Å². The average Bonchev–Trinajstić information content (AvgIpc) is 3.00. The molecule has 0 spiro atoms. The topological polar surface area (TPSA) is 58.9 Å². The van der Waals surface area contributed by atoms with Gasteiger partial charge in [-0.1, -0.05) is 35.9 Å². The average molecular weight is 340 g/mol. The summed E-state index contributed by atoms with van der Waals surface area (Å²) in [6, 6.07) is 13.1. The molecule has 0 unspecified atom stereocenters. The molecule has 0 saturated carbocycles. The van der Waals surface area contributed by atoms with E-state index in [9.17, 15) is 5.11 Å². The maximum atomic E-state index is 10.2. The predicted octanol–water partition coefficient (Wildman–Crippen LogP) is 4.78. The highest BCUT2D eigenvalue weighted by atomic mass is 35.5. The first-order valence-corrected chi connectivity index (χ1v) is 8.14. The Morgan fingerprint density at radius 1 is 0.957 bits per heavy atom. The Kier molecular flexibility index (Phi) is 3.44. The van der Waals surface area contributed by atoms with Crippen LogP contribution in [0.15, 0.2) is 54.0 Å². The summed E-state index contributed by atoms with van der Waals surface area (Å²) >= 11 is 7.69. The fraction of sp³-hybridized carbons (Fsp3) is 0. The minimum absolute atomic E-state index is 0.0426. The maximum absolute atomic E-state index is 10.2. The van der Waals surface area contributed by atoms with Crippen molar-refractivity contribution in [3.05, 3.63) is 59.1 Å². The van der Waals surface area contributed by atoms with Crippen LogP contribution in [-0.4, -0.2) is 20.1 Å². The molecule has 1 aromatic carbocycles. The Morgan fingerprint density at radius 2 is 1.78 bits per heavy atom. The van der Waals surface area contributed by atoms with Crippen molar-refractivity contribution in [1.82, 2.24) is 15.0 Å². The molecule has 0 amide bonds. The highest BCUT2D eigenvalue weighted by Crippen LogP contribution is 2.39. The van der Waals surface area contributed by atoms with Crippen LogP contribution < -0.4 is 0 Å². The molecular formula is C17H10ClN3OS. The lowest BCUT2D eigenvalue weighted by Crippen LogP contribution is -1.92. The third-order valence-electron chi connectivity index (χ3n) is 3.46. The van der Waals surface area contributed by atoms with E-state index in [4.69, 9.17) is 11.6 Å². The van der Waals surface area contributed by atoms with E-state index in [-0.39, 0.29) is 5.88 Å². The highest BCUT2D eigenvalue weighted by Gasteiger charge is 2.16. The lowest BCUT2D eigenvalue weighted by molar-refractivity contribution is 0.461. The van der Waals surface area contributed by atoms with Gasteiger partial charge in [-0.25, -0.2) is 4.98 Å². The van der Waals surface area contributed by atoms with Crippen LogP contribution in [0.5, 0.6) is 5.88 Å². The first-order chi connectivity index (χ1) is 11.2. The van der Waals surface area contributed by atoms with Gasteiger partial charge in [-0.15, -0.1) is 11.3 Å². The number of hydrogen-bond donors (Lipinski definition) is 1. The van der Waals surface area contributed by atoms with Gasteiger partial charge in [-0.05, 0) is 18.2 Å². The number of thiophene rings is 1. The van der Waals surface area contributed by atoms with Crippen LogP contribution >= 0.6 is 22.9 Å². The molecule has 3 aromatic heterocycles. The smallest absolute Gasteiger partial charge is 0.233 e. The Bertz CT molecular complexity index is 1000. The number of halogens is 1. The molecule has 0 radical (unpaired) electrons. The Balaban J connectivity index is 1.98. The summed E-state index contributed by atoms with van der Waals surface area (Å²) in [5.41, 5.74) is 3.05. The largest absolute Gasteiger partial charge is 0.492 e. The van der Waals surface area contributed by atoms with Gasteiger partial charge in [0.1, 0.15) is 10.4 Å². The van der Waals surface area contributed by atoms with Gasteiger partial charge in [-0.3, -0.25) is 4.98 Å². The lowest BCUT2D eigenvalue weighted by atomic mass is 10.1. The molecule has 0 bridgehead atoms. The van der Waals surface area contributed by atoms with E-state index in [0.717, 1.165) is 11.1 Å². The first kappa shape index (κ1) is 14.1. The van der Waals surface area contributed by atoms with Crippen molar-refractivity contribution in [2.75, 3.05) is 0 Å². The van der Waals surface area contributed by atoms with Crippen molar-refractivity contribution in [1.29, 1.82) is 0 Å². The van der Waals surface area contributed by atoms with Crippen LogP contribution in [0.25, 0.3) is 32.9 Å². The van der Waals surface area contributed by atoms with E-state index in [1.165, 1.54) is 11.3 Å². The zero-order valence-electron chi connectivity index (χ0n) is 11.8. The van der Waals surface area contributed by atoms with Crippen molar-refractivity contribution in [2.45, 2.75) is 0 Å². The quantitative estimate of drug-likeness (QED) is 0.571. The van der Waals surface area contributed by atoms with Crippen molar-refractivity contribution in [3.8, 4) is 28.5 Å². The number of nitrogens with zero attached hydrogens (tertiary/aromatic N) is 3. The fourth-order valence-corrected chi connectivity index (χ4v) is 3.51. The van der Waals surface area contributed by atoms with E-state index < -0.39 is 0 Å². The predicted molar refractivity (Wildman–Crippen MR) is 92.8 cm³/mol. The molecule has 4 aromatic rings. The molecule has 1 N–H and O–H groups in total. The normalized spacial score (nSPS) is 11.0. The lowest BCUT2D eigenvalue weighted by Gasteiger charge is -2.04. The third-order valence-corrected chi connectivity index (χ3v) is 4.75. The van der Waals surface area contributed by atoms with Gasteiger partial charge in [0.2, 0.25) is 5.88 Å². The number of pyridine rings is 1. The zero-order chi connectivity index (χ0) is 15.8. The van der Waals surface area contributed by atoms with E-state index in [1.807, 2.05) is 47.8 Å². The second-order valence-electron chi connectivity index (χ2n) is 4.89. The van der Waals surface area contributed by atoms with Gasteiger partial charge >= 0.3 is 0 Å². The van der Waals surface area contributed by atoms with Gasteiger partial charge in [0.25, 0.3) is 0 Å². The number of aromatic nitrogens is 3. The molecular weight excluding hydrogens is 330 g/mol. The van der Waals surface area contributed by atoms with Crippen LogP contribution in [0.2, 0.25) is 5.02 Å². The van der Waals surface area contributed by atoms with Gasteiger partial charge in [-0.2, -0.15) is 4.98 Å². The summed E-state index contributed by atoms with van der Waals surface area (Å²) in [7, 11) is 0. The number of hydrogen-bond acceptors (Lipinski definition) is 5. The van der Waals surface area contributed by atoms with Crippen LogP contribution in [-0.2, 0) is 0 Å². The van der Waals surface area contributed by atoms with Gasteiger partial charge < -0.3 is 5.11 Å². The second-order valence-corrected chi connectivity index (χ2v) is 6.18. The third kappa shape index (κ3) is 2.44. The number of fused-ring (bicyclic) bond motifs is 1. The molecule has 112 valence electrons. The summed E-state index contributed by atoms with van der Waals surface area (Å²) < 4.78 is 0.639. The van der Waals surface area contributed by atoms with E-state index in [1.54, 1.807) is 6.20 Å². The Morgan fingerprint density at radius 3 is 2.57 bits per heavy atom. The molecule has 0 aliphatic carbocycles. The summed E-state index contributed by atoms with van der Waals surface area (Å²) in [4.78, 5) is 13.0. The monoisotopic (exact) mass is 339 g/mol. The molecule has 4 rings (SSSR count). The van der Waals surface area contributed by atoms with Gasteiger partial charge in [0.15, 0.2) is 5.82 Å². The molecule has 6 heteroatoms. The molecule has 23 heavy (non-hydrogen) atoms. The summed E-state index contributed by atoms with van der Waals surface area (Å²) in [5.74, 6) is 0.348. The van der Waals surface area contributed by atoms with E-state index in [2.05, 4.69) is 15.0 Å². The Hall–Kier alpha value is -2.50. The number of aromatic hydroxyl groups is 1. The summed E-state index contributed by atoms with van der Waals surface area (Å²) in [6.07, 6.45) is 1.67. The standard InChI is InChI=1S/C17H10ClN3OS/c18-12-6-2-1-5-10(12)11-9-23-15-14(11)20-16(21-17(15)22)13-7-3-4-8-19-13/h1-9H,(H,20,21,22). The zero-order valence-corrected chi connectivity index (χ0v) is 13.3. The van der Waals surface area contributed by atoms with Crippen molar-refractivity contribution < 1.29 is 5.11 Å². The van der Waals surface area contributed by atoms with Crippen LogP contribution in [0.3, 0.4) is 0 Å². The van der Waals surface area contributed by atoms with Gasteiger partial charge in [0.05, 0.1) is 5.52 Å². The first-order valence-electron chi connectivity index (χ1n) is 6.88. The summed E-state index contributed by atoms with van der Waals surface area (Å²) in [5, 5.41) is 12.8. The summed E-state index contributed by atoms with van der Waals surface area (Å²) in [6.45, 7) is 0. The minimum Gasteiger partial charge on any atom is -0.492 e. The highest BCUT2D eigenvalue weighted by molar-refractivity contribution is 7.18. The Labute approximate surface area is 141 Å². The molecule has 0 aliphatic heterocycles. The van der Waals surface area contributed by atoms with Crippen molar-refractivity contribution >= 4 is 33.2 Å². The van der Waals surface area contributed by atoms with E-state index in [0.29, 0.717) is 26.8 Å². The second kappa shape index (κ2) is 5.61. The number of rotatable bonds is 2. The van der Waals surface area contributed by atoms with Crippen LogP contribution in [0, 0.1) is 0 Å². The SMILES string of the molecule is Oc1nc(-c2ccccn2)nc2c(-c3ccccc3Cl)csc12.